The van der Waals surface area contributed by atoms with Crippen molar-refractivity contribution in [2.24, 2.45) is 10.2 Å². The zero-order chi connectivity index (χ0) is 39.4. The van der Waals surface area contributed by atoms with Gasteiger partial charge >= 0.3 is 0 Å². The Bertz CT molecular complexity index is 2720. The van der Waals surface area contributed by atoms with E-state index in [4.69, 9.17) is 0 Å². The van der Waals surface area contributed by atoms with E-state index in [-0.39, 0.29) is 33.6 Å². The summed E-state index contributed by atoms with van der Waals surface area (Å²) in [5, 5.41) is 7.69. The van der Waals surface area contributed by atoms with Gasteiger partial charge in [-0.25, -0.2) is 0 Å². The number of carbonyl (C=O) groups is 2. The fourth-order valence-corrected chi connectivity index (χ4v) is 8.40. The number of hydrazone groups is 2. The largest absolute Gasteiger partial charge is 0.295 e. The first-order chi connectivity index (χ1) is 25.1. The molecule has 6 rings (SSSR count). The average molecular weight is 815 g/mol. The van der Waals surface area contributed by atoms with E-state index in [1.807, 2.05) is 0 Å². The molecule has 0 unspecified atom stereocenters. The average Bonchev–Trinajstić information content (AvgIpc) is 3.09. The highest BCUT2D eigenvalue weighted by atomic mass is 32.2. The molecule has 0 aliphatic heterocycles. The Labute approximate surface area is 306 Å². The monoisotopic (exact) mass is 814 g/mol. The van der Waals surface area contributed by atoms with E-state index in [1.165, 1.54) is 48.5 Å². The van der Waals surface area contributed by atoms with E-state index in [0.717, 1.165) is 48.6 Å². The molecule has 54 heavy (non-hydrogen) atoms. The first-order valence-corrected chi connectivity index (χ1v) is 20.5. The van der Waals surface area contributed by atoms with E-state index < -0.39 is 94.2 Å². The molecule has 4 aromatic rings. The second kappa shape index (κ2) is 13.6. The highest BCUT2D eigenvalue weighted by Crippen LogP contribution is 2.36. The summed E-state index contributed by atoms with van der Waals surface area (Å²) in [7, 11) is -20.0. The zero-order valence-corrected chi connectivity index (χ0v) is 29.9. The molecule has 0 heterocycles. The molecule has 0 aromatic heterocycles. The number of anilines is 2. The summed E-state index contributed by atoms with van der Waals surface area (Å²) in [5.41, 5.74) is 1.95. The topological polar surface area (TPSA) is 300 Å². The molecular weight excluding hydrogens is 793 g/mol. The van der Waals surface area contributed by atoms with Crippen LogP contribution in [0.2, 0.25) is 0 Å². The van der Waals surface area contributed by atoms with Crippen molar-refractivity contribution < 1.29 is 61.5 Å². The lowest BCUT2D eigenvalue weighted by Crippen LogP contribution is -2.22. The molecule has 0 radical (unpaired) electrons. The van der Waals surface area contributed by atoms with Gasteiger partial charge in [-0.1, -0.05) is 60.7 Å². The number of Topliss-reactive ketones (excluding diaryl/α,β-unsaturated/α-hetero) is 2. The number of nitrogens with one attached hydrogen (secondary N) is 2. The fraction of sp³-hybridized carbons (Fsp3) is 0. The number of ketones is 2. The number of carbonyl (C=O) groups excluding carboxylic acids is 2. The molecule has 0 fully saturated rings. The van der Waals surface area contributed by atoms with Crippen LogP contribution in [0.25, 0.3) is 20.9 Å². The first kappa shape index (κ1) is 38.0. The number of allylic oxidation sites excluding steroid dienone is 2. The van der Waals surface area contributed by atoms with Crippen LogP contribution in [-0.4, -0.2) is 74.9 Å². The van der Waals surface area contributed by atoms with Crippen LogP contribution < -0.4 is 10.9 Å². The number of rotatable bonds is 9. The van der Waals surface area contributed by atoms with Gasteiger partial charge in [-0.2, -0.15) is 43.9 Å². The van der Waals surface area contributed by atoms with Gasteiger partial charge in [0.15, 0.2) is 0 Å². The van der Waals surface area contributed by atoms with E-state index in [0.29, 0.717) is 0 Å². The van der Waals surface area contributed by atoms with Crippen LogP contribution in [0.5, 0.6) is 0 Å². The van der Waals surface area contributed by atoms with E-state index >= 15 is 0 Å². The van der Waals surface area contributed by atoms with Crippen LogP contribution in [0, 0.1) is 0 Å². The summed E-state index contributed by atoms with van der Waals surface area (Å²) < 4.78 is 138. The van der Waals surface area contributed by atoms with Crippen LogP contribution in [-0.2, 0) is 40.5 Å². The number of benzene rings is 4. The molecule has 4 aromatic carbocycles. The number of fused-ring (bicyclic) bond motifs is 2. The molecule has 0 saturated carbocycles. The van der Waals surface area contributed by atoms with Crippen molar-refractivity contribution in [2.45, 2.75) is 9.79 Å². The van der Waals surface area contributed by atoms with Gasteiger partial charge in [-0.3, -0.25) is 38.7 Å². The zero-order valence-electron chi connectivity index (χ0n) is 26.6. The SMILES string of the molecule is O=C1C(=NNc2ccc(-c3ccc(NN=C4C=C(S(=O)(=O)O)c5ccccc5C4=O)cc3S(=O)(=O)O)c(S(=O)(=O)O)c2)C=C(S(=O)(=O)O)c2ccccc21. The lowest BCUT2D eigenvalue weighted by atomic mass is 9.95. The predicted octanol–water partition coefficient (Wildman–Crippen LogP) is 3.63. The Morgan fingerprint density at radius 2 is 0.759 bits per heavy atom. The summed E-state index contributed by atoms with van der Waals surface area (Å²) in [6, 6.07) is 16.8. The highest BCUT2D eigenvalue weighted by Gasteiger charge is 2.32. The van der Waals surface area contributed by atoms with Crippen LogP contribution in [0.3, 0.4) is 0 Å². The molecule has 22 heteroatoms. The fourth-order valence-electron chi connectivity index (χ4n) is 5.50. The van der Waals surface area contributed by atoms with Gasteiger partial charge in [-0.05, 0) is 36.4 Å². The first-order valence-electron chi connectivity index (χ1n) is 14.7. The molecular formula is C32H22N4O14S4. The molecule has 0 amide bonds. The Kier molecular flexibility index (Phi) is 9.58. The molecule has 2 aliphatic carbocycles. The molecule has 0 saturated heterocycles. The van der Waals surface area contributed by atoms with E-state index in [2.05, 4.69) is 21.1 Å². The summed E-state index contributed by atoms with van der Waals surface area (Å²) in [6.07, 6.45) is 1.58. The minimum absolute atomic E-state index is 0.0818. The molecule has 18 nitrogen and oxygen atoms in total. The third-order valence-electron chi connectivity index (χ3n) is 7.85. The van der Waals surface area contributed by atoms with Crippen LogP contribution in [0.1, 0.15) is 31.8 Å². The Morgan fingerprint density at radius 1 is 0.426 bits per heavy atom. The lowest BCUT2D eigenvalue weighted by molar-refractivity contribution is 0.105. The van der Waals surface area contributed by atoms with E-state index in [9.17, 15) is 61.5 Å². The smallest absolute Gasteiger partial charge is 0.287 e. The van der Waals surface area contributed by atoms with Crippen LogP contribution in [0.15, 0.2) is 117 Å². The Hall–Kier alpha value is -5.72. The third-order valence-corrected chi connectivity index (χ3v) is 11.4. The lowest BCUT2D eigenvalue weighted by Gasteiger charge is -2.17. The molecule has 0 spiro atoms. The second-order valence-electron chi connectivity index (χ2n) is 11.3. The van der Waals surface area contributed by atoms with Crippen LogP contribution in [0.4, 0.5) is 11.4 Å². The summed E-state index contributed by atoms with van der Waals surface area (Å²) >= 11 is 0. The van der Waals surface area contributed by atoms with Crippen molar-refractivity contribution in [2.75, 3.05) is 10.9 Å². The third kappa shape index (κ3) is 7.53. The minimum Gasteiger partial charge on any atom is -0.287 e. The molecule has 0 bridgehead atoms. The maximum Gasteiger partial charge on any atom is 0.295 e. The number of nitrogens with zero attached hydrogens (tertiary/aromatic N) is 2. The van der Waals surface area contributed by atoms with E-state index in [1.54, 1.807) is 0 Å². The van der Waals surface area contributed by atoms with Gasteiger partial charge in [0.25, 0.3) is 40.5 Å². The normalized spacial score (nSPS) is 16.4. The van der Waals surface area contributed by atoms with Crippen molar-refractivity contribution in [3.05, 3.63) is 119 Å². The summed E-state index contributed by atoms with van der Waals surface area (Å²) in [5.74, 6) is -1.53. The van der Waals surface area contributed by atoms with Crippen molar-refractivity contribution in [1.29, 1.82) is 0 Å². The van der Waals surface area contributed by atoms with Crippen molar-refractivity contribution >= 4 is 84.6 Å². The molecule has 0 atom stereocenters. The molecule has 278 valence electrons. The summed E-state index contributed by atoms with van der Waals surface area (Å²) in [6.45, 7) is 0. The van der Waals surface area contributed by atoms with Gasteiger partial charge in [-0.15, -0.1) is 0 Å². The van der Waals surface area contributed by atoms with Gasteiger partial charge in [0.1, 0.15) is 31.0 Å². The van der Waals surface area contributed by atoms with Gasteiger partial charge < -0.3 is 0 Å². The summed E-state index contributed by atoms with van der Waals surface area (Å²) in [4.78, 5) is 22.9. The van der Waals surface area contributed by atoms with Crippen LogP contribution >= 0.6 is 0 Å². The van der Waals surface area contributed by atoms with Crippen molar-refractivity contribution in [3.8, 4) is 11.1 Å². The van der Waals surface area contributed by atoms with Gasteiger partial charge in [0.05, 0.1) is 11.4 Å². The second-order valence-corrected chi connectivity index (χ2v) is 16.9. The maximum atomic E-state index is 13.0. The van der Waals surface area contributed by atoms with Crippen molar-refractivity contribution in [1.82, 2.24) is 0 Å². The Balaban J connectivity index is 1.37. The van der Waals surface area contributed by atoms with Gasteiger partial charge in [0.2, 0.25) is 11.6 Å². The maximum absolute atomic E-state index is 13.0. The quantitative estimate of drug-likeness (QED) is 0.104. The van der Waals surface area contributed by atoms with Crippen molar-refractivity contribution in [3.63, 3.8) is 0 Å². The highest BCUT2D eigenvalue weighted by molar-refractivity contribution is 7.95. The number of hydrogen-bond donors (Lipinski definition) is 6. The molecule has 6 N–H and O–H groups in total. The minimum atomic E-state index is -5.18. The number of hydrogen-bond acceptors (Lipinski definition) is 14. The predicted molar refractivity (Wildman–Crippen MR) is 194 cm³/mol. The molecule has 2 aliphatic rings. The Morgan fingerprint density at radius 3 is 1.07 bits per heavy atom. The van der Waals surface area contributed by atoms with Gasteiger partial charge in [0, 0.05) is 33.4 Å². The standard InChI is InChI=1S/C32H22N4O14S4/c37-31-23-7-3-1-5-19(23)29(53(45,46)47)15-25(31)35-33-17-9-11-21(27(13-17)51(39,40)41)22-12-10-18(14-28(22)52(42,43)44)34-36-26-16-30(54(48,49)50)20-6-2-4-8-24(20)32(26)38/h1-16,33-34H,(H,39,40,41)(H,42,43,44)(H,45,46,47)(H,48,49,50).